The van der Waals surface area contributed by atoms with E-state index in [1.54, 1.807) is 24.0 Å². The Labute approximate surface area is 201 Å². The van der Waals surface area contributed by atoms with Crippen LogP contribution in [0.15, 0.2) is 55.0 Å². The summed E-state index contributed by atoms with van der Waals surface area (Å²) in [6.45, 7) is 3.46. The number of hydrogen-bond donors (Lipinski definition) is 2. The topological polar surface area (TPSA) is 88.8 Å². The number of nitrogens with zero attached hydrogens (tertiary/aromatic N) is 5. The molecule has 6 rings (SSSR count). The van der Waals surface area contributed by atoms with E-state index >= 15 is 0 Å². The highest BCUT2D eigenvalue weighted by Gasteiger charge is 2.31. The molecule has 2 bridgehead atoms. The third-order valence-electron chi connectivity index (χ3n) is 6.20. The molecule has 2 N–H and O–H groups in total. The number of pyridine rings is 1. The van der Waals surface area contributed by atoms with Crippen molar-refractivity contribution < 1.29 is 9.47 Å². The molecule has 5 heterocycles. The fourth-order valence-electron chi connectivity index (χ4n) is 4.60. The minimum absolute atomic E-state index is 0.206. The average Bonchev–Trinajstić information content (AvgIpc) is 3.29. The van der Waals surface area contributed by atoms with Crippen LogP contribution in [-0.4, -0.2) is 65.1 Å². The van der Waals surface area contributed by atoms with Crippen molar-refractivity contribution in [2.75, 3.05) is 43.5 Å². The maximum atomic E-state index is 6.46. The molecular formula is C24H24ClN7O2. The highest BCUT2D eigenvalue weighted by atomic mass is 35.5. The van der Waals surface area contributed by atoms with Crippen LogP contribution in [-0.2, 0) is 4.74 Å². The predicted octanol–water partition coefficient (Wildman–Crippen LogP) is 3.37. The largest absolute Gasteiger partial charge is 0.494 e. The van der Waals surface area contributed by atoms with Gasteiger partial charge in [-0.2, -0.15) is 5.10 Å². The molecule has 0 saturated carbocycles. The lowest BCUT2D eigenvalue weighted by Crippen LogP contribution is -2.58. The Morgan fingerprint density at radius 3 is 2.82 bits per heavy atom. The van der Waals surface area contributed by atoms with Crippen LogP contribution in [0.4, 0.5) is 17.3 Å². The summed E-state index contributed by atoms with van der Waals surface area (Å²) in [5.41, 5.74) is 4.25. The number of morpholine rings is 2. The number of methoxy groups -OCH3 is 1. The molecule has 3 aromatic heterocycles. The van der Waals surface area contributed by atoms with Crippen molar-refractivity contribution in [2.24, 2.45) is 0 Å². The Morgan fingerprint density at radius 2 is 2.00 bits per heavy atom. The highest BCUT2D eigenvalue weighted by Crippen LogP contribution is 2.34. The maximum Gasteiger partial charge on any atom is 0.227 e. The van der Waals surface area contributed by atoms with Crippen LogP contribution >= 0.6 is 11.6 Å². The van der Waals surface area contributed by atoms with Crippen molar-refractivity contribution in [1.82, 2.24) is 24.9 Å². The second kappa shape index (κ2) is 8.75. The molecule has 9 nitrogen and oxygen atoms in total. The third kappa shape index (κ3) is 3.91. The first-order valence-corrected chi connectivity index (χ1v) is 11.6. The number of aromatic nitrogens is 4. The SMILES string of the molecule is COc1cc(N2CC3CNCC(C2)O3)ccc1Nc1ncc(Cl)c(-c2cnn3ccccc23)n1. The van der Waals surface area contributed by atoms with Gasteiger partial charge in [0, 0.05) is 49.7 Å². The monoisotopic (exact) mass is 477 g/mol. The van der Waals surface area contributed by atoms with E-state index in [4.69, 9.17) is 21.1 Å². The predicted molar refractivity (Wildman–Crippen MR) is 131 cm³/mol. The van der Waals surface area contributed by atoms with Crippen LogP contribution in [0.25, 0.3) is 16.8 Å². The second-order valence-electron chi connectivity index (χ2n) is 8.43. The van der Waals surface area contributed by atoms with Gasteiger partial charge < -0.3 is 25.0 Å². The molecule has 2 aliphatic heterocycles. The van der Waals surface area contributed by atoms with Crippen LogP contribution < -0.4 is 20.3 Å². The Balaban J connectivity index is 1.28. The number of nitrogens with one attached hydrogen (secondary N) is 2. The summed E-state index contributed by atoms with van der Waals surface area (Å²) in [5, 5.41) is 11.6. The Morgan fingerprint density at radius 1 is 1.15 bits per heavy atom. The summed E-state index contributed by atoms with van der Waals surface area (Å²) < 4.78 is 13.5. The van der Waals surface area contributed by atoms with Gasteiger partial charge in [-0.1, -0.05) is 17.7 Å². The normalized spacial score (nSPS) is 19.9. The van der Waals surface area contributed by atoms with Crippen molar-refractivity contribution in [3.05, 3.63) is 60.0 Å². The van der Waals surface area contributed by atoms with Gasteiger partial charge in [0.15, 0.2) is 0 Å². The Hall–Kier alpha value is -3.40. The number of fused-ring (bicyclic) bond motifs is 3. The van der Waals surface area contributed by atoms with Crippen LogP contribution in [0.3, 0.4) is 0 Å². The number of benzene rings is 1. The van der Waals surface area contributed by atoms with Gasteiger partial charge in [0.05, 0.1) is 53.6 Å². The van der Waals surface area contributed by atoms with Crippen LogP contribution in [0, 0.1) is 0 Å². The van der Waals surface area contributed by atoms with E-state index in [9.17, 15) is 0 Å². The van der Waals surface area contributed by atoms with Crippen LogP contribution in [0.1, 0.15) is 0 Å². The van der Waals surface area contributed by atoms with E-state index < -0.39 is 0 Å². The number of anilines is 3. The first kappa shape index (κ1) is 21.2. The molecule has 0 spiro atoms. The molecule has 2 aliphatic rings. The minimum atomic E-state index is 0.206. The lowest BCUT2D eigenvalue weighted by atomic mass is 10.1. The van der Waals surface area contributed by atoms with E-state index in [1.807, 2.05) is 36.5 Å². The van der Waals surface area contributed by atoms with E-state index in [0.717, 1.165) is 48.6 Å². The molecule has 2 saturated heterocycles. The van der Waals surface area contributed by atoms with E-state index in [1.165, 1.54) is 0 Å². The molecule has 174 valence electrons. The van der Waals surface area contributed by atoms with Crippen molar-refractivity contribution >= 4 is 34.4 Å². The zero-order chi connectivity index (χ0) is 23.1. The number of hydrogen-bond acceptors (Lipinski definition) is 8. The molecule has 0 aliphatic carbocycles. The van der Waals surface area contributed by atoms with Crippen molar-refractivity contribution in [1.29, 1.82) is 0 Å². The number of halogens is 1. The number of rotatable bonds is 5. The summed E-state index contributed by atoms with van der Waals surface area (Å²) in [6.07, 6.45) is 5.65. The van der Waals surface area contributed by atoms with Gasteiger partial charge in [-0.3, -0.25) is 0 Å². The van der Waals surface area contributed by atoms with Crippen LogP contribution in [0.2, 0.25) is 5.02 Å². The van der Waals surface area contributed by atoms with Crippen molar-refractivity contribution in [3.8, 4) is 17.0 Å². The maximum absolute atomic E-state index is 6.46. The van der Waals surface area contributed by atoms with Crippen molar-refractivity contribution in [3.63, 3.8) is 0 Å². The Bertz CT molecular complexity index is 1330. The summed E-state index contributed by atoms with van der Waals surface area (Å²) in [6, 6.07) is 12.0. The first-order valence-electron chi connectivity index (χ1n) is 11.2. The Kier molecular flexibility index (Phi) is 5.44. The molecular weight excluding hydrogens is 454 g/mol. The van der Waals surface area contributed by atoms with Gasteiger partial charge in [-0.15, -0.1) is 0 Å². The molecule has 2 atom stereocenters. The quantitative estimate of drug-likeness (QED) is 0.452. The van der Waals surface area contributed by atoms with E-state index in [0.29, 0.717) is 22.4 Å². The van der Waals surface area contributed by atoms with Gasteiger partial charge >= 0.3 is 0 Å². The van der Waals surface area contributed by atoms with E-state index in [-0.39, 0.29) is 12.2 Å². The second-order valence-corrected chi connectivity index (χ2v) is 8.84. The zero-order valence-corrected chi connectivity index (χ0v) is 19.4. The third-order valence-corrected chi connectivity index (χ3v) is 6.48. The molecule has 34 heavy (non-hydrogen) atoms. The van der Waals surface area contributed by atoms with E-state index in [2.05, 4.69) is 36.7 Å². The fraction of sp³-hybridized carbons (Fsp3) is 0.292. The molecule has 0 radical (unpaired) electrons. The van der Waals surface area contributed by atoms with Gasteiger partial charge in [0.25, 0.3) is 0 Å². The first-order chi connectivity index (χ1) is 16.7. The standard InChI is InChI=1S/C24H24ClN7O2/c1-33-22-8-15(31-13-16-9-26-10-17(14-31)34-16)5-6-20(22)29-24-27-12-19(25)23(30-24)18-11-28-32-7-3-2-4-21(18)32/h2-8,11-12,16-17,26H,9-10,13-14H2,1H3,(H,27,29,30). The summed E-state index contributed by atoms with van der Waals surface area (Å²) in [4.78, 5) is 11.4. The average molecular weight is 478 g/mol. The van der Waals surface area contributed by atoms with Crippen molar-refractivity contribution in [2.45, 2.75) is 12.2 Å². The lowest BCUT2D eigenvalue weighted by Gasteiger charge is -2.43. The number of ether oxygens (including phenoxy) is 2. The molecule has 2 unspecified atom stereocenters. The van der Waals surface area contributed by atoms with Crippen LogP contribution in [0.5, 0.6) is 5.75 Å². The lowest BCUT2D eigenvalue weighted by molar-refractivity contribution is -0.0484. The fourth-order valence-corrected chi connectivity index (χ4v) is 4.79. The van der Waals surface area contributed by atoms with Gasteiger partial charge in [0.2, 0.25) is 5.95 Å². The van der Waals surface area contributed by atoms with Gasteiger partial charge in [-0.05, 0) is 24.3 Å². The van der Waals surface area contributed by atoms with Gasteiger partial charge in [-0.25, -0.2) is 14.5 Å². The summed E-state index contributed by atoms with van der Waals surface area (Å²) in [5.74, 6) is 1.14. The molecule has 1 aromatic carbocycles. The molecule has 10 heteroatoms. The smallest absolute Gasteiger partial charge is 0.227 e. The summed E-state index contributed by atoms with van der Waals surface area (Å²) >= 11 is 6.46. The summed E-state index contributed by atoms with van der Waals surface area (Å²) in [7, 11) is 1.66. The highest BCUT2D eigenvalue weighted by molar-refractivity contribution is 6.33. The molecule has 0 amide bonds. The molecule has 4 aromatic rings. The zero-order valence-electron chi connectivity index (χ0n) is 18.6. The molecule has 2 fully saturated rings. The minimum Gasteiger partial charge on any atom is -0.494 e. The van der Waals surface area contributed by atoms with Gasteiger partial charge in [0.1, 0.15) is 5.75 Å².